The van der Waals surface area contributed by atoms with Gasteiger partial charge < -0.3 is 38.5 Å². The summed E-state index contributed by atoms with van der Waals surface area (Å²) in [5, 5.41) is 2.65. The Hall–Kier alpha value is -6.02. The Bertz CT molecular complexity index is 1880. The molecule has 3 aromatic rings. The fourth-order valence-electron chi connectivity index (χ4n) is 7.10. The molecule has 0 heterocycles. The van der Waals surface area contributed by atoms with Crippen LogP contribution in [0, 0.1) is 5.92 Å². The number of alkyl carbamates (subject to hydrolysis) is 1. The van der Waals surface area contributed by atoms with Crippen LogP contribution in [-0.2, 0) is 63.7 Å². The van der Waals surface area contributed by atoms with Crippen molar-refractivity contribution in [2.45, 2.75) is 83.5 Å². The summed E-state index contributed by atoms with van der Waals surface area (Å²) in [5.74, 6) is -4.24. The summed E-state index contributed by atoms with van der Waals surface area (Å²) in [6.07, 6.45) is -1.97. The monoisotopic (exact) mass is 785 g/mol. The topological polar surface area (TPSA) is 179 Å². The lowest BCUT2D eigenvalue weighted by Crippen LogP contribution is -2.59. The molecule has 3 aromatic carbocycles. The second-order valence-corrected chi connectivity index (χ2v) is 13.7. The number of carbonyl (C=O) groups excluding carboxylic acids is 6. The highest BCUT2D eigenvalue weighted by molar-refractivity contribution is 5.82. The number of hydrogen-bond donors (Lipinski definition) is 1. The average molecular weight is 786 g/mol. The van der Waals surface area contributed by atoms with Crippen LogP contribution in [0.4, 0.5) is 4.79 Å². The number of nitrogens with one attached hydrogen (secondary N) is 1. The third kappa shape index (κ3) is 11.7. The number of esters is 5. The van der Waals surface area contributed by atoms with E-state index in [1.54, 1.807) is 12.2 Å². The smallest absolute Gasteiger partial charge is 0.407 e. The van der Waals surface area contributed by atoms with Gasteiger partial charge in [0, 0.05) is 39.5 Å². The number of ether oxygens (including phenoxy) is 7. The molecule has 0 saturated heterocycles. The zero-order chi connectivity index (χ0) is 40.9. The molecule has 0 aromatic heterocycles. The Kier molecular flexibility index (Phi) is 15.0. The van der Waals surface area contributed by atoms with Crippen LogP contribution < -0.4 is 5.32 Å². The number of benzene rings is 3. The lowest BCUT2D eigenvalue weighted by atomic mass is 9.80. The van der Waals surface area contributed by atoms with Crippen molar-refractivity contribution in [3.05, 3.63) is 108 Å². The van der Waals surface area contributed by atoms with Gasteiger partial charge in [0.25, 0.3) is 0 Å². The van der Waals surface area contributed by atoms with E-state index in [2.05, 4.69) is 5.32 Å². The van der Waals surface area contributed by atoms with Gasteiger partial charge in [-0.3, -0.25) is 19.2 Å². The molecule has 1 amide bonds. The second kappa shape index (κ2) is 20.2. The largest absolute Gasteiger partial charge is 0.465 e. The molecule has 14 nitrogen and oxygen atoms in total. The van der Waals surface area contributed by atoms with Crippen molar-refractivity contribution in [1.82, 2.24) is 5.32 Å². The number of carbonyl (C=O) groups is 6. The molecule has 0 radical (unpaired) electrons. The number of amides is 1. The van der Waals surface area contributed by atoms with Crippen molar-refractivity contribution in [2.24, 2.45) is 5.92 Å². The van der Waals surface area contributed by atoms with Crippen LogP contribution in [0.3, 0.4) is 0 Å². The molecule has 0 spiro atoms. The highest BCUT2D eigenvalue weighted by atomic mass is 16.6. The SMILES string of the molecule is CC(=O)OCC1C[C@H](OC/C=C/C[C@H](NC(=O)OCC2c3ccccc3-c3ccccc32)C(=O)OCc2ccccc2)C(OC(C)=O)[C@@H](OC(C)=O)[C@H]1OC(C)=O. The number of fused-ring (bicyclic) bond motifs is 3. The first-order chi connectivity index (χ1) is 27.4. The Morgan fingerprint density at radius 1 is 0.649 bits per heavy atom. The van der Waals surface area contributed by atoms with Crippen molar-refractivity contribution in [1.29, 1.82) is 0 Å². The normalized spacial score (nSPS) is 20.3. The van der Waals surface area contributed by atoms with Gasteiger partial charge in [-0.15, -0.1) is 0 Å². The maximum absolute atomic E-state index is 13.4. The van der Waals surface area contributed by atoms with Crippen LogP contribution in [-0.4, -0.2) is 86.2 Å². The summed E-state index contributed by atoms with van der Waals surface area (Å²) >= 11 is 0. The molecular formula is C43H47NO13. The van der Waals surface area contributed by atoms with Crippen molar-refractivity contribution in [3.63, 3.8) is 0 Å². The molecule has 2 unspecified atom stereocenters. The summed E-state index contributed by atoms with van der Waals surface area (Å²) < 4.78 is 39.2. The lowest BCUT2D eigenvalue weighted by Gasteiger charge is -2.44. The molecule has 2 aliphatic rings. The fourth-order valence-corrected chi connectivity index (χ4v) is 7.10. The van der Waals surface area contributed by atoms with Crippen molar-refractivity contribution >= 4 is 35.9 Å². The van der Waals surface area contributed by atoms with E-state index in [1.807, 2.05) is 78.9 Å². The van der Waals surface area contributed by atoms with E-state index < -0.39 is 72.3 Å². The van der Waals surface area contributed by atoms with E-state index in [-0.39, 0.29) is 45.2 Å². The van der Waals surface area contributed by atoms with Gasteiger partial charge in [0.15, 0.2) is 12.2 Å². The summed E-state index contributed by atoms with van der Waals surface area (Å²) in [5.41, 5.74) is 5.01. The van der Waals surface area contributed by atoms with Gasteiger partial charge in [0.2, 0.25) is 0 Å². The molecule has 6 atom stereocenters. The molecule has 57 heavy (non-hydrogen) atoms. The van der Waals surface area contributed by atoms with E-state index in [0.717, 1.165) is 34.7 Å². The quantitative estimate of drug-likeness (QED) is 0.112. The molecule has 302 valence electrons. The van der Waals surface area contributed by atoms with Crippen molar-refractivity contribution in [2.75, 3.05) is 19.8 Å². The third-order valence-electron chi connectivity index (χ3n) is 9.51. The van der Waals surface area contributed by atoms with Gasteiger partial charge >= 0.3 is 35.9 Å². The van der Waals surface area contributed by atoms with E-state index in [9.17, 15) is 28.8 Å². The highest BCUT2D eigenvalue weighted by Gasteiger charge is 2.51. The van der Waals surface area contributed by atoms with Gasteiger partial charge in [0.05, 0.1) is 19.3 Å². The van der Waals surface area contributed by atoms with Crippen molar-refractivity contribution < 1.29 is 61.9 Å². The Labute approximate surface area is 330 Å². The van der Waals surface area contributed by atoms with E-state index in [0.29, 0.717) is 0 Å². The minimum atomic E-state index is -1.27. The predicted octanol–water partition coefficient (Wildman–Crippen LogP) is 5.35. The molecule has 5 rings (SSSR count). The number of rotatable bonds is 16. The standard InChI is InChI=1S/C43H47NO13/c1-26(45)52-24-31-22-38(40(56-28(3)47)41(57-29(4)48)39(31)55-27(2)46)51-21-13-12-20-37(42(49)53-23-30-14-6-5-7-15-30)44-43(50)54-25-36-34-18-10-8-16-32(34)33-17-9-11-19-35(33)36/h5-19,31,36-41H,20-25H2,1-4H3,(H,44,50)/b13-12+/t31?,37-,38-,39-,40?,41-/m0/s1. The molecule has 0 aliphatic heterocycles. The predicted molar refractivity (Wildman–Crippen MR) is 203 cm³/mol. The van der Waals surface area contributed by atoms with Gasteiger partial charge in [-0.2, -0.15) is 0 Å². The molecule has 2 aliphatic carbocycles. The summed E-state index contributed by atoms with van der Waals surface area (Å²) in [7, 11) is 0. The van der Waals surface area contributed by atoms with Gasteiger partial charge in [0.1, 0.15) is 25.4 Å². The van der Waals surface area contributed by atoms with Crippen LogP contribution in [0.25, 0.3) is 11.1 Å². The Morgan fingerprint density at radius 3 is 1.84 bits per heavy atom. The first-order valence-corrected chi connectivity index (χ1v) is 18.6. The maximum Gasteiger partial charge on any atom is 0.407 e. The molecular weight excluding hydrogens is 738 g/mol. The van der Waals surface area contributed by atoms with Gasteiger partial charge in [-0.25, -0.2) is 9.59 Å². The highest BCUT2D eigenvalue weighted by Crippen LogP contribution is 2.44. The summed E-state index contributed by atoms with van der Waals surface area (Å²) in [6.45, 7) is 4.49. The van der Waals surface area contributed by atoms with Crippen LogP contribution >= 0.6 is 0 Å². The fraction of sp³-hybridized carbons (Fsp3) is 0.395. The molecule has 14 heteroatoms. The Morgan fingerprint density at radius 2 is 1.23 bits per heavy atom. The second-order valence-electron chi connectivity index (χ2n) is 13.7. The Balaban J connectivity index is 1.26. The molecule has 0 bridgehead atoms. The first-order valence-electron chi connectivity index (χ1n) is 18.6. The van der Waals surface area contributed by atoms with Gasteiger partial charge in [-0.05, 0) is 40.7 Å². The van der Waals surface area contributed by atoms with Crippen LogP contribution in [0.2, 0.25) is 0 Å². The molecule has 1 fully saturated rings. The van der Waals surface area contributed by atoms with E-state index in [1.165, 1.54) is 20.8 Å². The average Bonchev–Trinajstić information content (AvgIpc) is 3.50. The minimum absolute atomic E-state index is 0.00110. The summed E-state index contributed by atoms with van der Waals surface area (Å²) in [4.78, 5) is 74.7. The van der Waals surface area contributed by atoms with Crippen LogP contribution in [0.15, 0.2) is 91.0 Å². The minimum Gasteiger partial charge on any atom is -0.465 e. The maximum atomic E-state index is 13.4. The first kappa shape index (κ1) is 42.1. The van der Waals surface area contributed by atoms with Crippen LogP contribution in [0.1, 0.15) is 63.1 Å². The summed E-state index contributed by atoms with van der Waals surface area (Å²) in [6, 6.07) is 23.9. The molecule has 1 N–H and O–H groups in total. The zero-order valence-electron chi connectivity index (χ0n) is 32.3. The zero-order valence-corrected chi connectivity index (χ0v) is 32.3. The number of hydrogen-bond acceptors (Lipinski definition) is 13. The van der Waals surface area contributed by atoms with E-state index >= 15 is 0 Å². The lowest BCUT2D eigenvalue weighted by molar-refractivity contribution is -0.220. The van der Waals surface area contributed by atoms with Crippen molar-refractivity contribution in [3.8, 4) is 11.1 Å². The van der Waals surface area contributed by atoms with Crippen LogP contribution in [0.5, 0.6) is 0 Å². The third-order valence-corrected chi connectivity index (χ3v) is 9.51. The van der Waals surface area contributed by atoms with Gasteiger partial charge in [-0.1, -0.05) is 91.0 Å². The van der Waals surface area contributed by atoms with E-state index in [4.69, 9.17) is 33.2 Å². The molecule has 1 saturated carbocycles.